The third kappa shape index (κ3) is 3.58. The molecule has 0 saturated heterocycles. The number of nitrogens with zero attached hydrogens (tertiary/aromatic N) is 1. The number of anilines is 2. The minimum Gasteiger partial charge on any atom is -0.452 e. The first-order chi connectivity index (χ1) is 11.1. The van der Waals surface area contributed by atoms with Gasteiger partial charge in [0.2, 0.25) is 5.22 Å². The van der Waals surface area contributed by atoms with Crippen LogP contribution in [0.15, 0.2) is 52.6 Å². The molecule has 0 bridgehead atoms. The molecule has 2 N–H and O–H groups in total. The van der Waals surface area contributed by atoms with Crippen LogP contribution >= 0.6 is 22.9 Å². The number of hydrogen-bond acceptors (Lipinski definition) is 5. The monoisotopic (exact) mass is 347 g/mol. The maximum atomic E-state index is 12.0. The summed E-state index contributed by atoms with van der Waals surface area (Å²) in [6.45, 7) is 0. The van der Waals surface area contributed by atoms with E-state index in [-0.39, 0.29) is 22.6 Å². The molecule has 2 amide bonds. The Balaban J connectivity index is 1.66. The maximum Gasteiger partial charge on any atom is 0.260 e. The normalized spacial score (nSPS) is 10.3. The molecule has 0 unspecified atom stereocenters. The average molecular weight is 348 g/mol. The zero-order chi connectivity index (χ0) is 16.2. The topological polar surface area (TPSA) is 84.2 Å². The molecule has 0 aliphatic heterocycles. The highest BCUT2D eigenvalue weighted by atomic mass is 35.5. The van der Waals surface area contributed by atoms with Gasteiger partial charge in [-0.25, -0.2) is 4.98 Å². The second-order valence-electron chi connectivity index (χ2n) is 4.43. The highest BCUT2D eigenvalue weighted by Gasteiger charge is 2.13. The molecule has 3 aromatic rings. The molecule has 1 aromatic carbocycles. The maximum absolute atomic E-state index is 12.0. The van der Waals surface area contributed by atoms with Gasteiger partial charge >= 0.3 is 0 Å². The number of halogens is 1. The lowest BCUT2D eigenvalue weighted by Gasteiger charge is -2.06. The lowest BCUT2D eigenvalue weighted by atomic mass is 10.2. The van der Waals surface area contributed by atoms with Gasteiger partial charge in [0, 0.05) is 22.8 Å². The van der Waals surface area contributed by atoms with Crippen molar-refractivity contribution in [2.75, 3.05) is 10.6 Å². The Bertz CT molecular complexity index is 828. The summed E-state index contributed by atoms with van der Waals surface area (Å²) in [7, 11) is 0. The summed E-state index contributed by atoms with van der Waals surface area (Å²) in [6, 6.07) is 7.95. The number of benzene rings is 1. The Kier molecular flexibility index (Phi) is 4.40. The van der Waals surface area contributed by atoms with Crippen LogP contribution in [0.1, 0.15) is 20.7 Å². The standard InChI is InChI=1S/C15H10ClN3O3S/c16-12-11(5-7-22-12)14(21)18-10-3-1-9(2-4-10)13(20)19-15-17-6-8-23-15/h1-8H,(H,18,21)(H,17,19,20). The number of amides is 2. The predicted molar refractivity (Wildman–Crippen MR) is 88.2 cm³/mol. The van der Waals surface area contributed by atoms with Gasteiger partial charge in [0.25, 0.3) is 11.8 Å². The first kappa shape index (κ1) is 15.3. The number of carbonyl (C=O) groups excluding carboxylic acids is 2. The van der Waals surface area contributed by atoms with E-state index in [9.17, 15) is 9.59 Å². The van der Waals surface area contributed by atoms with Crippen molar-refractivity contribution in [1.82, 2.24) is 4.98 Å². The molecule has 2 heterocycles. The smallest absolute Gasteiger partial charge is 0.260 e. The minimum absolute atomic E-state index is 0.0296. The molecule has 6 nitrogen and oxygen atoms in total. The molecule has 23 heavy (non-hydrogen) atoms. The molecule has 0 aliphatic rings. The van der Waals surface area contributed by atoms with Gasteiger partial charge in [0.05, 0.1) is 11.8 Å². The van der Waals surface area contributed by atoms with Crippen LogP contribution in [0.3, 0.4) is 0 Å². The van der Waals surface area contributed by atoms with E-state index in [1.165, 1.54) is 23.7 Å². The van der Waals surface area contributed by atoms with E-state index < -0.39 is 0 Å². The van der Waals surface area contributed by atoms with Gasteiger partial charge in [-0.15, -0.1) is 11.3 Å². The van der Waals surface area contributed by atoms with Gasteiger partial charge in [-0.1, -0.05) is 0 Å². The second kappa shape index (κ2) is 6.64. The number of thiazole rings is 1. The molecule has 0 spiro atoms. The summed E-state index contributed by atoms with van der Waals surface area (Å²) in [4.78, 5) is 28.0. The quantitative estimate of drug-likeness (QED) is 0.749. The molecule has 3 rings (SSSR count). The molecule has 0 saturated carbocycles. The highest BCUT2D eigenvalue weighted by molar-refractivity contribution is 7.13. The SMILES string of the molecule is O=C(Nc1nccs1)c1ccc(NC(=O)c2ccoc2Cl)cc1. The fraction of sp³-hybridized carbons (Fsp3) is 0. The van der Waals surface area contributed by atoms with Gasteiger partial charge in [-0.3, -0.25) is 14.9 Å². The van der Waals surface area contributed by atoms with E-state index >= 15 is 0 Å². The van der Waals surface area contributed by atoms with Crippen molar-refractivity contribution in [2.24, 2.45) is 0 Å². The summed E-state index contributed by atoms with van der Waals surface area (Å²) in [6.07, 6.45) is 2.95. The van der Waals surface area contributed by atoms with Crippen molar-refractivity contribution in [2.45, 2.75) is 0 Å². The zero-order valence-corrected chi connectivity index (χ0v) is 13.1. The van der Waals surface area contributed by atoms with Crippen molar-refractivity contribution < 1.29 is 14.0 Å². The van der Waals surface area contributed by atoms with Crippen LogP contribution in [0.4, 0.5) is 10.8 Å². The minimum atomic E-state index is -0.385. The molecule has 0 radical (unpaired) electrons. The van der Waals surface area contributed by atoms with E-state index in [0.717, 1.165) is 0 Å². The van der Waals surface area contributed by atoms with Crippen molar-refractivity contribution in [3.05, 3.63) is 64.5 Å². The van der Waals surface area contributed by atoms with Crippen LogP contribution in [0, 0.1) is 0 Å². The van der Waals surface area contributed by atoms with E-state index in [4.69, 9.17) is 16.0 Å². The number of furan rings is 1. The lowest BCUT2D eigenvalue weighted by molar-refractivity contribution is 0.101. The molecule has 2 aromatic heterocycles. The summed E-state index contributed by atoms with van der Waals surface area (Å²) in [5.74, 6) is -0.653. The van der Waals surface area contributed by atoms with Crippen molar-refractivity contribution in [1.29, 1.82) is 0 Å². The lowest BCUT2D eigenvalue weighted by Crippen LogP contribution is -2.13. The van der Waals surface area contributed by atoms with Gasteiger partial charge in [0.1, 0.15) is 0 Å². The molecule has 0 fully saturated rings. The first-order valence-electron chi connectivity index (χ1n) is 6.49. The van der Waals surface area contributed by atoms with E-state index in [1.807, 2.05) is 0 Å². The summed E-state index contributed by atoms with van der Waals surface area (Å²) >= 11 is 7.09. The number of nitrogens with one attached hydrogen (secondary N) is 2. The predicted octanol–water partition coefficient (Wildman–Crippen LogP) is 3.89. The molecule has 0 aliphatic carbocycles. The number of rotatable bonds is 4. The van der Waals surface area contributed by atoms with E-state index in [1.54, 1.807) is 35.8 Å². The van der Waals surface area contributed by atoms with Crippen LogP contribution in [-0.2, 0) is 0 Å². The molecular weight excluding hydrogens is 338 g/mol. The highest BCUT2D eigenvalue weighted by Crippen LogP contribution is 2.19. The third-order valence-corrected chi connectivity index (χ3v) is 3.90. The van der Waals surface area contributed by atoms with Gasteiger partial charge < -0.3 is 9.73 Å². The Hall–Kier alpha value is -2.64. The molecule has 116 valence electrons. The average Bonchev–Trinajstić information content (AvgIpc) is 3.19. The summed E-state index contributed by atoms with van der Waals surface area (Å²) < 4.78 is 4.87. The molecular formula is C15H10ClN3O3S. The van der Waals surface area contributed by atoms with Crippen LogP contribution < -0.4 is 10.6 Å². The van der Waals surface area contributed by atoms with Gasteiger partial charge in [-0.2, -0.15) is 0 Å². The van der Waals surface area contributed by atoms with Gasteiger partial charge in [-0.05, 0) is 41.9 Å². The van der Waals surface area contributed by atoms with E-state index in [2.05, 4.69) is 15.6 Å². The van der Waals surface area contributed by atoms with Crippen LogP contribution in [0.25, 0.3) is 0 Å². The van der Waals surface area contributed by atoms with Crippen LogP contribution in [0.5, 0.6) is 0 Å². The fourth-order valence-electron chi connectivity index (χ4n) is 1.81. The zero-order valence-electron chi connectivity index (χ0n) is 11.6. The van der Waals surface area contributed by atoms with Crippen molar-refractivity contribution in [3.63, 3.8) is 0 Å². The number of aromatic nitrogens is 1. The van der Waals surface area contributed by atoms with Gasteiger partial charge in [0.15, 0.2) is 5.13 Å². The first-order valence-corrected chi connectivity index (χ1v) is 7.74. The summed E-state index contributed by atoms with van der Waals surface area (Å²) in [5, 5.41) is 7.68. The van der Waals surface area contributed by atoms with Crippen molar-refractivity contribution >= 4 is 45.6 Å². The van der Waals surface area contributed by atoms with E-state index in [0.29, 0.717) is 16.4 Å². The third-order valence-electron chi connectivity index (χ3n) is 2.92. The molecule has 8 heteroatoms. The Morgan fingerprint density at radius 1 is 1.09 bits per heavy atom. The summed E-state index contributed by atoms with van der Waals surface area (Å²) in [5.41, 5.74) is 1.25. The van der Waals surface area contributed by atoms with Crippen LogP contribution in [-0.4, -0.2) is 16.8 Å². The molecule has 0 atom stereocenters. The van der Waals surface area contributed by atoms with Crippen molar-refractivity contribution in [3.8, 4) is 0 Å². The number of hydrogen-bond donors (Lipinski definition) is 2. The number of carbonyl (C=O) groups is 2. The Morgan fingerprint density at radius 3 is 2.48 bits per heavy atom. The Labute approximate surface area is 140 Å². The second-order valence-corrected chi connectivity index (χ2v) is 5.67. The Morgan fingerprint density at radius 2 is 1.87 bits per heavy atom. The fourth-order valence-corrected chi connectivity index (χ4v) is 2.54. The van der Waals surface area contributed by atoms with Crippen LogP contribution in [0.2, 0.25) is 5.22 Å². The largest absolute Gasteiger partial charge is 0.452 e.